The summed E-state index contributed by atoms with van der Waals surface area (Å²) in [6, 6.07) is 11.6. The first-order valence-corrected chi connectivity index (χ1v) is 10.2. The number of carbonyl (C=O) groups is 1. The van der Waals surface area contributed by atoms with Crippen molar-refractivity contribution in [1.29, 1.82) is 0 Å². The van der Waals surface area contributed by atoms with E-state index in [2.05, 4.69) is 5.32 Å². The van der Waals surface area contributed by atoms with Gasteiger partial charge >= 0.3 is 5.63 Å². The second-order valence-corrected chi connectivity index (χ2v) is 7.73. The maximum absolute atomic E-state index is 12.9. The van der Waals surface area contributed by atoms with Crippen molar-refractivity contribution in [3.63, 3.8) is 0 Å². The molecule has 2 aromatic carbocycles. The Kier molecular flexibility index (Phi) is 6.52. The van der Waals surface area contributed by atoms with E-state index in [4.69, 9.17) is 4.42 Å². The molecule has 1 amide bonds. The largest absolute Gasteiger partial charge is 0.423 e. The number of fused-ring (bicyclic) bond motifs is 1. The average molecular weight is 399 g/mol. The molecule has 4 nitrogen and oxygen atoms in total. The summed E-state index contributed by atoms with van der Waals surface area (Å²) < 4.78 is 18.2. The fourth-order valence-electron chi connectivity index (χ4n) is 2.90. The van der Waals surface area contributed by atoms with Gasteiger partial charge in [0.05, 0.1) is 5.75 Å². The third-order valence-electron chi connectivity index (χ3n) is 4.58. The van der Waals surface area contributed by atoms with Crippen molar-refractivity contribution in [1.82, 2.24) is 5.32 Å². The zero-order chi connectivity index (χ0) is 20.1. The van der Waals surface area contributed by atoms with Crippen LogP contribution in [0.1, 0.15) is 22.3 Å². The number of nitrogens with one attached hydrogen (secondary N) is 1. The number of hydrogen-bond donors (Lipinski definition) is 1. The van der Waals surface area contributed by atoms with Crippen LogP contribution in [0.15, 0.2) is 51.7 Å². The van der Waals surface area contributed by atoms with Gasteiger partial charge in [0.1, 0.15) is 11.4 Å². The van der Waals surface area contributed by atoms with Crippen molar-refractivity contribution in [2.24, 2.45) is 0 Å². The van der Waals surface area contributed by atoms with Gasteiger partial charge < -0.3 is 9.73 Å². The van der Waals surface area contributed by atoms with Crippen molar-refractivity contribution in [2.75, 3.05) is 12.3 Å². The molecule has 0 bridgehead atoms. The van der Waals surface area contributed by atoms with Crippen molar-refractivity contribution in [3.8, 4) is 0 Å². The highest BCUT2D eigenvalue weighted by atomic mass is 32.2. The third kappa shape index (κ3) is 5.23. The maximum atomic E-state index is 12.9. The van der Waals surface area contributed by atoms with E-state index in [-0.39, 0.29) is 17.3 Å². The van der Waals surface area contributed by atoms with Crippen LogP contribution < -0.4 is 10.9 Å². The number of amides is 1. The van der Waals surface area contributed by atoms with Crippen LogP contribution in [0.5, 0.6) is 0 Å². The number of aryl methyl sites for hydroxylation is 2. The van der Waals surface area contributed by atoms with Crippen LogP contribution in [0.4, 0.5) is 4.39 Å². The minimum Gasteiger partial charge on any atom is -0.423 e. The molecule has 0 aliphatic carbocycles. The van der Waals surface area contributed by atoms with Crippen LogP contribution in [0.2, 0.25) is 0 Å². The highest BCUT2D eigenvalue weighted by Crippen LogP contribution is 2.24. The highest BCUT2D eigenvalue weighted by Gasteiger charge is 2.09. The molecule has 0 aliphatic rings. The van der Waals surface area contributed by atoms with Crippen molar-refractivity contribution in [3.05, 3.63) is 81.0 Å². The molecule has 1 heterocycles. The summed E-state index contributed by atoms with van der Waals surface area (Å²) in [6.07, 6.45) is 0.652. The van der Waals surface area contributed by atoms with Crippen molar-refractivity contribution in [2.45, 2.75) is 26.0 Å². The molecule has 0 fully saturated rings. The van der Waals surface area contributed by atoms with E-state index < -0.39 is 0 Å². The Labute approximate surface area is 167 Å². The van der Waals surface area contributed by atoms with Gasteiger partial charge in [-0.25, -0.2) is 9.18 Å². The van der Waals surface area contributed by atoms with Crippen LogP contribution in [-0.2, 0) is 17.0 Å². The molecule has 28 heavy (non-hydrogen) atoms. The van der Waals surface area contributed by atoms with Crippen LogP contribution >= 0.6 is 11.8 Å². The molecule has 146 valence electrons. The van der Waals surface area contributed by atoms with E-state index in [1.807, 2.05) is 26.0 Å². The smallest absolute Gasteiger partial charge is 0.336 e. The van der Waals surface area contributed by atoms with Gasteiger partial charge in [-0.1, -0.05) is 12.1 Å². The fraction of sp³-hybridized carbons (Fsp3) is 0.273. The van der Waals surface area contributed by atoms with Crippen molar-refractivity contribution >= 4 is 28.6 Å². The number of rotatable bonds is 7. The summed E-state index contributed by atoms with van der Waals surface area (Å²) in [6.45, 7) is 4.50. The Bertz CT molecular complexity index is 1040. The Morgan fingerprint density at radius 2 is 1.82 bits per heavy atom. The number of halogens is 1. The van der Waals surface area contributed by atoms with E-state index >= 15 is 0 Å². The third-order valence-corrected chi connectivity index (χ3v) is 5.57. The van der Waals surface area contributed by atoms with E-state index in [0.717, 1.165) is 27.6 Å². The normalized spacial score (nSPS) is 11.0. The molecule has 6 heteroatoms. The second kappa shape index (κ2) is 9.06. The predicted molar refractivity (Wildman–Crippen MR) is 111 cm³/mol. The molecule has 1 aromatic heterocycles. The SMILES string of the molecule is Cc1cc2oc(=O)cc(CSCC(=O)NCCc3ccc(F)cc3)c2cc1C. The summed E-state index contributed by atoms with van der Waals surface area (Å²) >= 11 is 1.45. The van der Waals surface area contributed by atoms with E-state index in [9.17, 15) is 14.0 Å². The van der Waals surface area contributed by atoms with Crippen LogP contribution in [-0.4, -0.2) is 18.2 Å². The molecular formula is C22H22FNO3S. The Morgan fingerprint density at radius 3 is 2.57 bits per heavy atom. The molecule has 0 aliphatic heterocycles. The Balaban J connectivity index is 1.53. The van der Waals surface area contributed by atoms with E-state index in [1.54, 1.807) is 12.1 Å². The lowest BCUT2D eigenvalue weighted by Crippen LogP contribution is -2.27. The van der Waals surface area contributed by atoms with Gasteiger partial charge in [-0.3, -0.25) is 4.79 Å². The first-order chi connectivity index (χ1) is 13.4. The molecule has 0 unspecified atom stereocenters. The first-order valence-electron chi connectivity index (χ1n) is 9.05. The lowest BCUT2D eigenvalue weighted by atomic mass is 10.0. The van der Waals surface area contributed by atoms with Gasteiger partial charge in [0, 0.05) is 23.8 Å². The lowest BCUT2D eigenvalue weighted by molar-refractivity contribution is -0.118. The van der Waals surface area contributed by atoms with Gasteiger partial charge in [0.15, 0.2) is 0 Å². The molecule has 3 aromatic rings. The maximum Gasteiger partial charge on any atom is 0.336 e. The number of thioether (sulfide) groups is 1. The van der Waals surface area contributed by atoms with Crippen LogP contribution in [0.25, 0.3) is 11.0 Å². The quantitative estimate of drug-likeness (QED) is 0.607. The molecule has 0 radical (unpaired) electrons. The van der Waals surface area contributed by atoms with Gasteiger partial charge in [-0.2, -0.15) is 0 Å². The monoisotopic (exact) mass is 399 g/mol. The minimum absolute atomic E-state index is 0.0635. The van der Waals surface area contributed by atoms with E-state index in [1.165, 1.54) is 30.0 Å². The molecular weight excluding hydrogens is 377 g/mol. The summed E-state index contributed by atoms with van der Waals surface area (Å²) in [5.41, 5.74) is 4.25. The van der Waals surface area contributed by atoms with Gasteiger partial charge in [0.25, 0.3) is 0 Å². The van der Waals surface area contributed by atoms with Gasteiger partial charge in [-0.05, 0) is 66.8 Å². The zero-order valence-electron chi connectivity index (χ0n) is 15.9. The summed E-state index contributed by atoms with van der Waals surface area (Å²) in [4.78, 5) is 23.9. The number of benzene rings is 2. The molecule has 0 atom stereocenters. The predicted octanol–water partition coefficient (Wildman–Crippen LogP) is 4.14. The average Bonchev–Trinajstić information content (AvgIpc) is 2.65. The van der Waals surface area contributed by atoms with E-state index in [0.29, 0.717) is 30.1 Å². The van der Waals surface area contributed by atoms with Crippen LogP contribution in [0, 0.1) is 19.7 Å². The number of carbonyl (C=O) groups excluding carboxylic acids is 1. The summed E-state index contributed by atoms with van der Waals surface area (Å²) in [5, 5.41) is 3.77. The first kappa shape index (κ1) is 20.1. The second-order valence-electron chi connectivity index (χ2n) is 6.74. The molecule has 0 spiro atoms. The fourth-order valence-corrected chi connectivity index (χ4v) is 3.75. The van der Waals surface area contributed by atoms with Crippen LogP contribution in [0.3, 0.4) is 0 Å². The summed E-state index contributed by atoms with van der Waals surface area (Å²) in [5.74, 6) is 0.523. The Morgan fingerprint density at radius 1 is 1.11 bits per heavy atom. The van der Waals surface area contributed by atoms with Gasteiger partial charge in [-0.15, -0.1) is 11.8 Å². The topological polar surface area (TPSA) is 59.3 Å². The minimum atomic E-state index is -0.380. The zero-order valence-corrected chi connectivity index (χ0v) is 16.7. The molecule has 1 N–H and O–H groups in total. The Hall–Kier alpha value is -2.60. The highest BCUT2D eigenvalue weighted by molar-refractivity contribution is 7.99. The number of hydrogen-bond acceptors (Lipinski definition) is 4. The standard InChI is InChI=1S/C22H22FNO3S/c1-14-9-19-17(11-22(26)27-20(19)10-15(14)2)12-28-13-21(25)24-8-7-16-3-5-18(23)6-4-16/h3-6,9-11H,7-8,12-13H2,1-2H3,(H,24,25). The molecule has 0 saturated heterocycles. The molecule has 0 saturated carbocycles. The summed E-state index contributed by atoms with van der Waals surface area (Å²) in [7, 11) is 0. The lowest BCUT2D eigenvalue weighted by Gasteiger charge is -2.09. The van der Waals surface area contributed by atoms with Gasteiger partial charge in [0.2, 0.25) is 5.91 Å². The molecule has 3 rings (SSSR count). The van der Waals surface area contributed by atoms with Crippen molar-refractivity contribution < 1.29 is 13.6 Å².